The van der Waals surface area contributed by atoms with Crippen LogP contribution < -0.4 is 10.6 Å². The SMILES string of the molecule is CC(=O)NC(C)(C)CC(C)NCc1ccc(-c2ccccc2)cc1. The molecule has 0 radical (unpaired) electrons. The Morgan fingerprint density at radius 3 is 2.17 bits per heavy atom. The maximum absolute atomic E-state index is 11.2. The number of rotatable bonds is 7. The lowest BCUT2D eigenvalue weighted by molar-refractivity contribution is -0.120. The topological polar surface area (TPSA) is 41.1 Å². The van der Waals surface area contributed by atoms with Crippen LogP contribution in [-0.2, 0) is 11.3 Å². The Labute approximate surface area is 145 Å². The molecule has 0 bridgehead atoms. The van der Waals surface area contributed by atoms with Crippen LogP contribution in [0.2, 0.25) is 0 Å². The number of carbonyl (C=O) groups excluding carboxylic acids is 1. The van der Waals surface area contributed by atoms with Gasteiger partial charge in [-0.3, -0.25) is 4.79 Å². The molecule has 0 heterocycles. The Balaban J connectivity index is 1.87. The third kappa shape index (κ3) is 5.82. The van der Waals surface area contributed by atoms with Crippen molar-refractivity contribution in [2.45, 2.75) is 52.2 Å². The molecule has 24 heavy (non-hydrogen) atoms. The molecule has 2 aromatic rings. The fourth-order valence-electron chi connectivity index (χ4n) is 3.10. The van der Waals surface area contributed by atoms with E-state index in [9.17, 15) is 4.79 Å². The van der Waals surface area contributed by atoms with Crippen LogP contribution in [0.15, 0.2) is 54.6 Å². The van der Waals surface area contributed by atoms with Crippen molar-refractivity contribution in [1.29, 1.82) is 0 Å². The van der Waals surface area contributed by atoms with Crippen LogP contribution in [0.1, 0.15) is 39.7 Å². The molecular weight excluding hydrogens is 296 g/mol. The van der Waals surface area contributed by atoms with Gasteiger partial charge >= 0.3 is 0 Å². The minimum atomic E-state index is -0.199. The van der Waals surface area contributed by atoms with E-state index in [1.807, 2.05) is 6.07 Å². The van der Waals surface area contributed by atoms with Crippen molar-refractivity contribution in [3.8, 4) is 11.1 Å². The fourth-order valence-corrected chi connectivity index (χ4v) is 3.10. The predicted octanol–water partition coefficient (Wildman–Crippen LogP) is 4.14. The summed E-state index contributed by atoms with van der Waals surface area (Å²) in [6.07, 6.45) is 0.884. The first-order valence-electron chi connectivity index (χ1n) is 8.52. The normalized spacial score (nSPS) is 12.7. The largest absolute Gasteiger partial charge is 0.351 e. The molecule has 3 heteroatoms. The third-order valence-corrected chi connectivity index (χ3v) is 4.05. The monoisotopic (exact) mass is 324 g/mol. The number of carbonyl (C=O) groups is 1. The average Bonchev–Trinajstić information content (AvgIpc) is 2.52. The lowest BCUT2D eigenvalue weighted by atomic mass is 9.95. The summed E-state index contributed by atoms with van der Waals surface area (Å²) in [4.78, 5) is 11.2. The molecular formula is C21H28N2O. The van der Waals surface area contributed by atoms with E-state index in [1.54, 1.807) is 6.92 Å². The summed E-state index contributed by atoms with van der Waals surface area (Å²) in [5.74, 6) is 0.0173. The van der Waals surface area contributed by atoms with Gasteiger partial charge in [0.25, 0.3) is 0 Å². The van der Waals surface area contributed by atoms with Gasteiger partial charge in [-0.25, -0.2) is 0 Å². The standard InChI is InChI=1S/C21H28N2O/c1-16(14-21(3,4)23-17(2)24)22-15-18-10-12-20(13-11-18)19-8-6-5-7-9-19/h5-13,16,22H,14-15H2,1-4H3,(H,23,24). The lowest BCUT2D eigenvalue weighted by Gasteiger charge is -2.29. The Kier molecular flexibility index (Phi) is 6.16. The van der Waals surface area contributed by atoms with Crippen molar-refractivity contribution in [2.24, 2.45) is 0 Å². The lowest BCUT2D eigenvalue weighted by Crippen LogP contribution is -2.46. The zero-order valence-electron chi connectivity index (χ0n) is 15.1. The zero-order chi connectivity index (χ0) is 17.6. The molecule has 0 aliphatic carbocycles. The van der Waals surface area contributed by atoms with Crippen LogP contribution in [0, 0.1) is 0 Å². The van der Waals surface area contributed by atoms with Gasteiger partial charge in [0.05, 0.1) is 0 Å². The third-order valence-electron chi connectivity index (χ3n) is 4.05. The Morgan fingerprint density at radius 1 is 1.00 bits per heavy atom. The van der Waals surface area contributed by atoms with E-state index in [4.69, 9.17) is 0 Å². The van der Waals surface area contributed by atoms with E-state index in [0.717, 1.165) is 13.0 Å². The van der Waals surface area contributed by atoms with Crippen LogP contribution >= 0.6 is 0 Å². The second-order valence-corrected chi connectivity index (χ2v) is 7.11. The van der Waals surface area contributed by atoms with Gasteiger partial charge in [0.2, 0.25) is 5.91 Å². The Morgan fingerprint density at radius 2 is 1.58 bits per heavy atom. The Bertz CT molecular complexity index is 647. The molecule has 2 rings (SSSR count). The molecule has 0 aromatic heterocycles. The van der Waals surface area contributed by atoms with Crippen molar-refractivity contribution < 1.29 is 4.79 Å². The van der Waals surface area contributed by atoms with E-state index in [-0.39, 0.29) is 11.4 Å². The number of nitrogens with one attached hydrogen (secondary N) is 2. The Hall–Kier alpha value is -2.13. The highest BCUT2D eigenvalue weighted by atomic mass is 16.1. The first-order chi connectivity index (χ1) is 11.4. The second-order valence-electron chi connectivity index (χ2n) is 7.11. The van der Waals surface area contributed by atoms with Gasteiger partial charge in [0.1, 0.15) is 0 Å². The van der Waals surface area contributed by atoms with E-state index >= 15 is 0 Å². The molecule has 1 atom stereocenters. The predicted molar refractivity (Wildman–Crippen MR) is 101 cm³/mol. The number of amides is 1. The van der Waals surface area contributed by atoms with Crippen LogP contribution in [0.4, 0.5) is 0 Å². The molecule has 2 aromatic carbocycles. The van der Waals surface area contributed by atoms with E-state index in [2.05, 4.69) is 79.9 Å². The molecule has 0 spiro atoms. The summed E-state index contributed by atoms with van der Waals surface area (Å²) >= 11 is 0. The highest BCUT2D eigenvalue weighted by Crippen LogP contribution is 2.19. The first kappa shape index (κ1) is 18.2. The maximum Gasteiger partial charge on any atom is 0.217 e. The molecule has 1 amide bonds. The molecule has 0 saturated heterocycles. The van der Waals surface area contributed by atoms with Crippen molar-refractivity contribution >= 4 is 5.91 Å². The van der Waals surface area contributed by atoms with Gasteiger partial charge in [-0.2, -0.15) is 0 Å². The first-order valence-corrected chi connectivity index (χ1v) is 8.52. The molecule has 0 fully saturated rings. The van der Waals surface area contributed by atoms with Crippen molar-refractivity contribution in [1.82, 2.24) is 10.6 Å². The highest BCUT2D eigenvalue weighted by Gasteiger charge is 2.21. The quantitative estimate of drug-likeness (QED) is 0.804. The second kappa shape index (κ2) is 8.11. The van der Waals surface area contributed by atoms with Crippen LogP contribution in [0.5, 0.6) is 0 Å². The molecule has 0 aliphatic heterocycles. The van der Waals surface area contributed by atoms with Crippen LogP contribution in [-0.4, -0.2) is 17.5 Å². The van der Waals surface area contributed by atoms with Gasteiger partial charge in [-0.1, -0.05) is 54.6 Å². The molecule has 128 valence electrons. The van der Waals surface area contributed by atoms with Gasteiger partial charge in [0.15, 0.2) is 0 Å². The van der Waals surface area contributed by atoms with E-state index in [0.29, 0.717) is 6.04 Å². The summed E-state index contributed by atoms with van der Waals surface area (Å²) in [5, 5.41) is 6.53. The van der Waals surface area contributed by atoms with Gasteiger partial charge in [-0.05, 0) is 43.9 Å². The van der Waals surface area contributed by atoms with Gasteiger partial charge in [-0.15, -0.1) is 0 Å². The molecule has 0 aliphatic rings. The molecule has 2 N–H and O–H groups in total. The summed E-state index contributed by atoms with van der Waals surface area (Å²) in [7, 11) is 0. The number of hydrogen-bond donors (Lipinski definition) is 2. The van der Waals surface area contributed by atoms with E-state index in [1.165, 1.54) is 16.7 Å². The number of hydrogen-bond acceptors (Lipinski definition) is 2. The average molecular weight is 324 g/mol. The van der Waals surface area contributed by atoms with Crippen LogP contribution in [0.3, 0.4) is 0 Å². The van der Waals surface area contributed by atoms with Crippen molar-refractivity contribution in [2.75, 3.05) is 0 Å². The smallest absolute Gasteiger partial charge is 0.217 e. The van der Waals surface area contributed by atoms with Crippen molar-refractivity contribution in [3.63, 3.8) is 0 Å². The van der Waals surface area contributed by atoms with Gasteiger partial charge in [0, 0.05) is 25.0 Å². The number of benzene rings is 2. The molecule has 3 nitrogen and oxygen atoms in total. The summed E-state index contributed by atoms with van der Waals surface area (Å²) in [6, 6.07) is 19.4. The summed E-state index contributed by atoms with van der Waals surface area (Å²) < 4.78 is 0. The minimum absolute atomic E-state index is 0.0173. The fraction of sp³-hybridized carbons (Fsp3) is 0.381. The minimum Gasteiger partial charge on any atom is -0.351 e. The van der Waals surface area contributed by atoms with Gasteiger partial charge < -0.3 is 10.6 Å². The highest BCUT2D eigenvalue weighted by molar-refractivity contribution is 5.73. The molecule has 0 saturated carbocycles. The van der Waals surface area contributed by atoms with Crippen molar-refractivity contribution in [3.05, 3.63) is 60.2 Å². The zero-order valence-corrected chi connectivity index (χ0v) is 15.1. The summed E-state index contributed by atoms with van der Waals surface area (Å²) in [6.45, 7) is 8.66. The van der Waals surface area contributed by atoms with E-state index < -0.39 is 0 Å². The summed E-state index contributed by atoms with van der Waals surface area (Å²) in [5.41, 5.74) is 3.54. The van der Waals surface area contributed by atoms with Crippen LogP contribution in [0.25, 0.3) is 11.1 Å². The molecule has 1 unspecified atom stereocenters. The maximum atomic E-state index is 11.2.